The molecule has 19 heavy (non-hydrogen) atoms. The molecule has 3 atom stereocenters. The molecule has 2 N–H and O–H groups in total. The molecule has 1 aliphatic heterocycles. The number of nitrogens with zero attached hydrogens (tertiary/aromatic N) is 3. The van der Waals surface area contributed by atoms with Gasteiger partial charge in [-0.3, -0.25) is 4.90 Å². The first-order valence-corrected chi connectivity index (χ1v) is 7.55. The maximum atomic E-state index is 5.75. The monoisotopic (exact) mass is 260 g/mol. The first-order valence-electron chi connectivity index (χ1n) is 7.55. The Morgan fingerprint density at radius 2 is 2.16 bits per heavy atom. The molecule has 1 aliphatic carbocycles. The molecule has 4 heteroatoms. The van der Waals surface area contributed by atoms with E-state index in [4.69, 9.17) is 5.73 Å². The minimum absolute atomic E-state index is 0.579. The summed E-state index contributed by atoms with van der Waals surface area (Å²) in [5.74, 6) is 3.15. The fourth-order valence-electron chi connectivity index (χ4n) is 4.04. The Balaban J connectivity index is 1.75. The van der Waals surface area contributed by atoms with E-state index >= 15 is 0 Å². The molecule has 104 valence electrons. The summed E-state index contributed by atoms with van der Waals surface area (Å²) >= 11 is 0. The molecule has 1 saturated heterocycles. The van der Waals surface area contributed by atoms with Crippen molar-refractivity contribution in [1.29, 1.82) is 0 Å². The molecule has 0 aromatic carbocycles. The largest absolute Gasteiger partial charge is 0.384 e. The Morgan fingerprint density at radius 1 is 1.32 bits per heavy atom. The van der Waals surface area contributed by atoms with Crippen LogP contribution in [0.1, 0.15) is 44.9 Å². The Kier molecular flexibility index (Phi) is 3.69. The van der Waals surface area contributed by atoms with Crippen LogP contribution in [0.25, 0.3) is 0 Å². The molecule has 2 fully saturated rings. The van der Waals surface area contributed by atoms with E-state index in [2.05, 4.69) is 21.8 Å². The second-order valence-electron chi connectivity index (χ2n) is 6.17. The topological polar surface area (TPSA) is 55.0 Å². The third-order valence-corrected chi connectivity index (χ3v) is 4.81. The summed E-state index contributed by atoms with van der Waals surface area (Å²) < 4.78 is 0. The molecule has 0 amide bonds. The number of likely N-dealkylation sites (tertiary alicyclic amines) is 1. The Morgan fingerprint density at radius 3 is 3.00 bits per heavy atom. The maximum Gasteiger partial charge on any atom is 0.144 e. The van der Waals surface area contributed by atoms with Crippen LogP contribution in [0.5, 0.6) is 0 Å². The number of nitrogen functional groups attached to an aromatic ring is 1. The van der Waals surface area contributed by atoms with E-state index in [1.807, 2.05) is 0 Å². The van der Waals surface area contributed by atoms with Gasteiger partial charge in [-0.05, 0) is 50.1 Å². The van der Waals surface area contributed by atoms with Crippen molar-refractivity contribution in [3.05, 3.63) is 18.1 Å². The first-order chi connectivity index (χ1) is 9.24. The molecule has 3 rings (SSSR count). The molecular weight excluding hydrogens is 236 g/mol. The van der Waals surface area contributed by atoms with Crippen molar-refractivity contribution in [2.24, 2.45) is 11.8 Å². The average Bonchev–Trinajstić information content (AvgIpc) is 2.39. The highest BCUT2D eigenvalue weighted by Crippen LogP contribution is 2.38. The lowest BCUT2D eigenvalue weighted by molar-refractivity contribution is 0.0179. The third-order valence-electron chi connectivity index (χ3n) is 4.81. The van der Waals surface area contributed by atoms with Gasteiger partial charge in [0.25, 0.3) is 0 Å². The summed E-state index contributed by atoms with van der Waals surface area (Å²) in [6, 6.07) is 2.48. The molecule has 2 heterocycles. The number of aromatic nitrogens is 2. The van der Waals surface area contributed by atoms with E-state index in [1.165, 1.54) is 38.6 Å². The van der Waals surface area contributed by atoms with Crippen LogP contribution in [-0.4, -0.2) is 27.5 Å². The molecule has 0 spiro atoms. The molecule has 0 unspecified atom stereocenters. The number of rotatable bonds is 2. The van der Waals surface area contributed by atoms with Crippen molar-refractivity contribution in [3.8, 4) is 0 Å². The van der Waals surface area contributed by atoms with Crippen LogP contribution in [0.15, 0.2) is 12.3 Å². The van der Waals surface area contributed by atoms with Gasteiger partial charge < -0.3 is 5.73 Å². The summed E-state index contributed by atoms with van der Waals surface area (Å²) in [5.41, 5.74) is 5.75. The maximum absolute atomic E-state index is 5.75. The molecule has 1 aromatic heterocycles. The number of fused-ring (bicyclic) bond motifs is 1. The highest BCUT2D eigenvalue weighted by atomic mass is 15.2. The van der Waals surface area contributed by atoms with E-state index in [9.17, 15) is 0 Å². The Hall–Kier alpha value is -1.16. The van der Waals surface area contributed by atoms with Gasteiger partial charge in [-0.25, -0.2) is 9.97 Å². The van der Waals surface area contributed by atoms with Gasteiger partial charge in [-0.2, -0.15) is 0 Å². The van der Waals surface area contributed by atoms with Gasteiger partial charge in [0.1, 0.15) is 11.6 Å². The number of hydrogen-bond acceptors (Lipinski definition) is 4. The van der Waals surface area contributed by atoms with Gasteiger partial charge in [-0.1, -0.05) is 13.3 Å². The van der Waals surface area contributed by atoms with E-state index < -0.39 is 0 Å². The SMILES string of the molecule is C[C@@H]1CCC[C@H]2CCCN(Cc3nccc(N)n3)[C@@H]21. The van der Waals surface area contributed by atoms with Gasteiger partial charge in [0, 0.05) is 12.2 Å². The van der Waals surface area contributed by atoms with Crippen LogP contribution in [-0.2, 0) is 6.54 Å². The fraction of sp³-hybridized carbons (Fsp3) is 0.733. The second kappa shape index (κ2) is 5.45. The minimum atomic E-state index is 0.579. The smallest absolute Gasteiger partial charge is 0.144 e. The number of nitrogens with two attached hydrogens (primary N) is 1. The molecular formula is C15H24N4. The molecule has 0 bridgehead atoms. The van der Waals surface area contributed by atoms with E-state index in [0.29, 0.717) is 5.82 Å². The number of anilines is 1. The van der Waals surface area contributed by atoms with Crippen molar-refractivity contribution in [2.45, 2.75) is 51.6 Å². The van der Waals surface area contributed by atoms with Crippen molar-refractivity contribution < 1.29 is 0 Å². The fourth-order valence-corrected chi connectivity index (χ4v) is 4.04. The van der Waals surface area contributed by atoms with Crippen LogP contribution in [0.4, 0.5) is 5.82 Å². The zero-order chi connectivity index (χ0) is 13.2. The molecule has 0 radical (unpaired) electrons. The highest BCUT2D eigenvalue weighted by molar-refractivity contribution is 5.25. The summed E-state index contributed by atoms with van der Waals surface area (Å²) in [6.45, 7) is 4.45. The third kappa shape index (κ3) is 2.73. The molecule has 1 saturated carbocycles. The standard InChI is InChI=1S/C15H24N4/c1-11-4-2-5-12-6-3-9-19(15(11)12)10-14-17-8-7-13(16)18-14/h7-8,11-12,15H,2-6,9-10H2,1H3,(H2,16,17,18)/t11-,12+,15-/m1/s1. The lowest BCUT2D eigenvalue weighted by Crippen LogP contribution is -2.50. The number of hydrogen-bond donors (Lipinski definition) is 1. The van der Waals surface area contributed by atoms with E-state index in [-0.39, 0.29) is 0 Å². The van der Waals surface area contributed by atoms with Gasteiger partial charge in [0.05, 0.1) is 6.54 Å². The van der Waals surface area contributed by atoms with Crippen molar-refractivity contribution in [1.82, 2.24) is 14.9 Å². The molecule has 4 nitrogen and oxygen atoms in total. The Labute approximate surface area is 115 Å². The average molecular weight is 260 g/mol. The van der Waals surface area contributed by atoms with Gasteiger partial charge in [-0.15, -0.1) is 0 Å². The lowest BCUT2D eigenvalue weighted by atomic mass is 9.73. The zero-order valence-corrected chi connectivity index (χ0v) is 11.8. The summed E-state index contributed by atoms with van der Waals surface area (Å²) in [5, 5.41) is 0. The lowest BCUT2D eigenvalue weighted by Gasteiger charge is -2.47. The van der Waals surface area contributed by atoms with E-state index in [1.54, 1.807) is 12.3 Å². The van der Waals surface area contributed by atoms with Crippen LogP contribution in [0.3, 0.4) is 0 Å². The highest BCUT2D eigenvalue weighted by Gasteiger charge is 2.37. The van der Waals surface area contributed by atoms with Gasteiger partial charge in [0.15, 0.2) is 0 Å². The summed E-state index contributed by atoms with van der Waals surface area (Å²) in [4.78, 5) is 11.3. The Bertz CT molecular complexity index is 432. The normalized spacial score (nSPS) is 31.9. The van der Waals surface area contributed by atoms with Crippen LogP contribution in [0, 0.1) is 11.8 Å². The zero-order valence-electron chi connectivity index (χ0n) is 11.8. The number of piperidine rings is 1. The second-order valence-corrected chi connectivity index (χ2v) is 6.17. The van der Waals surface area contributed by atoms with Crippen molar-refractivity contribution in [3.63, 3.8) is 0 Å². The summed E-state index contributed by atoms with van der Waals surface area (Å²) in [7, 11) is 0. The van der Waals surface area contributed by atoms with E-state index in [0.717, 1.165) is 30.2 Å². The van der Waals surface area contributed by atoms with Crippen LogP contribution in [0.2, 0.25) is 0 Å². The predicted octanol–water partition coefficient (Wildman–Crippen LogP) is 2.46. The summed E-state index contributed by atoms with van der Waals surface area (Å²) in [6.07, 6.45) is 8.67. The quantitative estimate of drug-likeness (QED) is 0.887. The van der Waals surface area contributed by atoms with Crippen LogP contribution < -0.4 is 5.73 Å². The predicted molar refractivity (Wildman–Crippen MR) is 76.4 cm³/mol. The minimum Gasteiger partial charge on any atom is -0.384 e. The van der Waals surface area contributed by atoms with Crippen LogP contribution >= 0.6 is 0 Å². The van der Waals surface area contributed by atoms with Crippen molar-refractivity contribution >= 4 is 5.82 Å². The molecule has 2 aliphatic rings. The van der Waals surface area contributed by atoms with Crippen molar-refractivity contribution in [2.75, 3.05) is 12.3 Å². The molecule has 1 aromatic rings. The first kappa shape index (κ1) is 12.9. The van der Waals surface area contributed by atoms with Gasteiger partial charge >= 0.3 is 0 Å². The van der Waals surface area contributed by atoms with Gasteiger partial charge in [0.2, 0.25) is 0 Å².